The molecule has 1 heterocycles. The first-order valence-electron chi connectivity index (χ1n) is 8.18. The highest BCUT2D eigenvalue weighted by atomic mass is 79.9. The summed E-state index contributed by atoms with van der Waals surface area (Å²) >= 11 is 3.24. The maximum Gasteiger partial charge on any atom is 0.251 e. The lowest BCUT2D eigenvalue weighted by molar-refractivity contribution is 0.0679. The maximum absolute atomic E-state index is 13.3. The molecule has 2 aromatic carbocycles. The topological polar surface area (TPSA) is 47.6 Å². The lowest BCUT2D eigenvalue weighted by Gasteiger charge is -2.12. The molecular formula is C19H19BrFNO3. The third-order valence-corrected chi connectivity index (χ3v) is 4.41. The zero-order chi connectivity index (χ0) is 17.6. The Morgan fingerprint density at radius 1 is 1.28 bits per heavy atom. The first-order valence-corrected chi connectivity index (χ1v) is 8.97. The second-order valence-corrected chi connectivity index (χ2v) is 6.85. The fourth-order valence-corrected chi connectivity index (χ4v) is 3.18. The van der Waals surface area contributed by atoms with Crippen LogP contribution in [-0.2, 0) is 11.3 Å². The summed E-state index contributed by atoms with van der Waals surface area (Å²) in [4.78, 5) is 12.2. The minimum absolute atomic E-state index is 0.161. The predicted octanol–water partition coefficient (Wildman–Crippen LogP) is 4.08. The van der Waals surface area contributed by atoms with Crippen LogP contribution in [0.15, 0.2) is 46.9 Å². The van der Waals surface area contributed by atoms with Crippen LogP contribution in [0.25, 0.3) is 0 Å². The van der Waals surface area contributed by atoms with Crippen molar-refractivity contribution in [1.82, 2.24) is 5.32 Å². The molecule has 0 bridgehead atoms. The van der Waals surface area contributed by atoms with Crippen LogP contribution in [0.3, 0.4) is 0 Å². The molecule has 1 saturated heterocycles. The van der Waals surface area contributed by atoms with Gasteiger partial charge in [0.25, 0.3) is 5.91 Å². The number of halogens is 2. The standard InChI is InChI=1S/C19H19BrFNO3/c20-15-8-13(9-16(21)10-15)11-22-19(23)14-3-5-17(6-4-14)25-12-18-2-1-7-24-18/h3-6,8-10,18H,1-2,7,11-12H2,(H,22,23). The van der Waals surface area contributed by atoms with Crippen molar-refractivity contribution in [1.29, 1.82) is 0 Å². The van der Waals surface area contributed by atoms with Crippen LogP contribution in [-0.4, -0.2) is 25.2 Å². The van der Waals surface area contributed by atoms with E-state index >= 15 is 0 Å². The molecule has 3 rings (SSSR count). The summed E-state index contributed by atoms with van der Waals surface area (Å²) in [7, 11) is 0. The SMILES string of the molecule is O=C(NCc1cc(F)cc(Br)c1)c1ccc(OCC2CCCO2)cc1. The Balaban J connectivity index is 1.51. The van der Waals surface area contributed by atoms with Crippen molar-refractivity contribution >= 4 is 21.8 Å². The van der Waals surface area contributed by atoms with Crippen molar-refractivity contribution in [3.63, 3.8) is 0 Å². The van der Waals surface area contributed by atoms with Crippen molar-refractivity contribution in [2.75, 3.05) is 13.2 Å². The van der Waals surface area contributed by atoms with Gasteiger partial charge >= 0.3 is 0 Å². The molecule has 0 saturated carbocycles. The molecule has 1 amide bonds. The summed E-state index contributed by atoms with van der Waals surface area (Å²) in [5, 5.41) is 2.78. The van der Waals surface area contributed by atoms with E-state index in [0.29, 0.717) is 28.0 Å². The number of hydrogen-bond donors (Lipinski definition) is 1. The van der Waals surface area contributed by atoms with Crippen molar-refractivity contribution in [2.24, 2.45) is 0 Å². The summed E-state index contributed by atoms with van der Waals surface area (Å²) in [6, 6.07) is 11.5. The number of rotatable bonds is 6. The van der Waals surface area contributed by atoms with E-state index in [2.05, 4.69) is 21.2 Å². The molecule has 0 aliphatic carbocycles. The van der Waals surface area contributed by atoms with Crippen LogP contribution in [0.4, 0.5) is 4.39 Å². The van der Waals surface area contributed by atoms with Gasteiger partial charge in [-0.25, -0.2) is 4.39 Å². The number of amides is 1. The van der Waals surface area contributed by atoms with E-state index in [9.17, 15) is 9.18 Å². The van der Waals surface area contributed by atoms with Gasteiger partial charge in [0.1, 0.15) is 18.2 Å². The molecule has 2 aromatic rings. The van der Waals surface area contributed by atoms with E-state index < -0.39 is 0 Å². The molecular weight excluding hydrogens is 389 g/mol. The second kappa shape index (κ2) is 8.45. The van der Waals surface area contributed by atoms with Crippen molar-refractivity contribution < 1.29 is 18.7 Å². The lowest BCUT2D eigenvalue weighted by Crippen LogP contribution is -2.22. The molecule has 1 fully saturated rings. The average molecular weight is 408 g/mol. The quantitative estimate of drug-likeness (QED) is 0.784. The molecule has 4 nitrogen and oxygen atoms in total. The molecule has 1 aliphatic rings. The van der Waals surface area contributed by atoms with Gasteiger partial charge < -0.3 is 14.8 Å². The molecule has 0 spiro atoms. The van der Waals surface area contributed by atoms with Crippen LogP contribution >= 0.6 is 15.9 Å². The molecule has 25 heavy (non-hydrogen) atoms. The van der Waals surface area contributed by atoms with Crippen molar-refractivity contribution in [2.45, 2.75) is 25.5 Å². The third-order valence-electron chi connectivity index (χ3n) is 3.95. The number of carbonyl (C=O) groups excluding carboxylic acids is 1. The molecule has 0 radical (unpaired) electrons. The molecule has 1 N–H and O–H groups in total. The van der Waals surface area contributed by atoms with E-state index in [1.165, 1.54) is 12.1 Å². The van der Waals surface area contributed by atoms with E-state index in [1.54, 1.807) is 30.3 Å². The second-order valence-electron chi connectivity index (χ2n) is 5.93. The zero-order valence-electron chi connectivity index (χ0n) is 13.6. The number of hydrogen-bond acceptors (Lipinski definition) is 3. The Morgan fingerprint density at radius 3 is 2.76 bits per heavy atom. The number of carbonyl (C=O) groups is 1. The van der Waals surface area contributed by atoms with Crippen LogP contribution < -0.4 is 10.1 Å². The lowest BCUT2D eigenvalue weighted by atomic mass is 10.2. The van der Waals surface area contributed by atoms with Crippen LogP contribution in [0.1, 0.15) is 28.8 Å². The molecule has 1 unspecified atom stereocenters. The summed E-state index contributed by atoms with van der Waals surface area (Å²) in [5.41, 5.74) is 1.22. The van der Waals surface area contributed by atoms with Crippen LogP contribution in [0.2, 0.25) is 0 Å². The normalized spacial score (nSPS) is 16.6. The van der Waals surface area contributed by atoms with Gasteiger partial charge in [0, 0.05) is 23.2 Å². The number of nitrogens with one attached hydrogen (secondary N) is 1. The third kappa shape index (κ3) is 5.28. The summed E-state index contributed by atoms with van der Waals surface area (Å²) in [6.07, 6.45) is 2.26. The first-order chi connectivity index (χ1) is 12.1. The van der Waals surface area contributed by atoms with E-state index in [1.807, 2.05) is 0 Å². The van der Waals surface area contributed by atoms with Crippen LogP contribution in [0, 0.1) is 5.82 Å². The van der Waals surface area contributed by atoms with E-state index in [-0.39, 0.29) is 24.4 Å². The van der Waals surface area contributed by atoms with Crippen molar-refractivity contribution in [3.8, 4) is 5.75 Å². The minimum atomic E-state index is -0.341. The van der Waals surface area contributed by atoms with Crippen molar-refractivity contribution in [3.05, 3.63) is 63.9 Å². The van der Waals surface area contributed by atoms with Gasteiger partial charge in [0.05, 0.1) is 6.10 Å². The van der Waals surface area contributed by atoms with Gasteiger partial charge in [-0.2, -0.15) is 0 Å². The van der Waals surface area contributed by atoms with E-state index in [4.69, 9.17) is 9.47 Å². The highest BCUT2D eigenvalue weighted by molar-refractivity contribution is 9.10. The number of ether oxygens (including phenoxy) is 2. The summed E-state index contributed by atoms with van der Waals surface area (Å²) < 4.78 is 25.2. The van der Waals surface area contributed by atoms with Gasteiger partial charge in [0.15, 0.2) is 0 Å². The van der Waals surface area contributed by atoms with Gasteiger partial charge in [-0.05, 0) is 60.9 Å². The zero-order valence-corrected chi connectivity index (χ0v) is 15.2. The monoisotopic (exact) mass is 407 g/mol. The Bertz CT molecular complexity index is 710. The van der Waals surface area contributed by atoms with Gasteiger partial charge in [-0.1, -0.05) is 15.9 Å². The average Bonchev–Trinajstić information content (AvgIpc) is 3.11. The number of benzene rings is 2. The fourth-order valence-electron chi connectivity index (χ4n) is 2.66. The summed E-state index contributed by atoms with van der Waals surface area (Å²) in [6.45, 7) is 1.58. The molecule has 1 atom stereocenters. The highest BCUT2D eigenvalue weighted by Gasteiger charge is 2.16. The Labute approximate surface area is 154 Å². The van der Waals surface area contributed by atoms with Gasteiger partial charge in [-0.3, -0.25) is 4.79 Å². The first kappa shape index (κ1) is 17.9. The minimum Gasteiger partial charge on any atom is -0.491 e. The Morgan fingerprint density at radius 2 is 2.08 bits per heavy atom. The molecule has 6 heteroatoms. The maximum atomic E-state index is 13.3. The summed E-state index contributed by atoms with van der Waals surface area (Å²) in [5.74, 6) is 0.151. The predicted molar refractivity (Wildman–Crippen MR) is 96.2 cm³/mol. The van der Waals surface area contributed by atoms with Gasteiger partial charge in [-0.15, -0.1) is 0 Å². The fraction of sp³-hybridized carbons (Fsp3) is 0.316. The smallest absolute Gasteiger partial charge is 0.251 e. The molecule has 1 aliphatic heterocycles. The highest BCUT2D eigenvalue weighted by Crippen LogP contribution is 2.17. The Hall–Kier alpha value is -1.92. The molecule has 0 aromatic heterocycles. The Kier molecular flexibility index (Phi) is 6.04. The van der Waals surface area contributed by atoms with Crippen LogP contribution in [0.5, 0.6) is 5.75 Å². The molecule has 132 valence electrons. The van der Waals surface area contributed by atoms with Gasteiger partial charge in [0.2, 0.25) is 0 Å². The van der Waals surface area contributed by atoms with E-state index in [0.717, 1.165) is 19.4 Å². The largest absolute Gasteiger partial charge is 0.491 e.